The molecule has 33 heavy (non-hydrogen) atoms. The summed E-state index contributed by atoms with van der Waals surface area (Å²) < 4.78 is 15.3. The van der Waals surface area contributed by atoms with E-state index in [9.17, 15) is 9.18 Å². The highest BCUT2D eigenvalue weighted by molar-refractivity contribution is 5.84. The van der Waals surface area contributed by atoms with Gasteiger partial charge in [-0.2, -0.15) is 5.10 Å². The zero-order chi connectivity index (χ0) is 23.4. The van der Waals surface area contributed by atoms with Crippen LogP contribution in [0.1, 0.15) is 50.3 Å². The number of aromatic nitrogens is 2. The second-order valence-corrected chi connectivity index (χ2v) is 10.4. The average molecular weight is 449 g/mol. The second kappa shape index (κ2) is 7.94. The molecule has 1 amide bonds. The van der Waals surface area contributed by atoms with E-state index in [-0.39, 0.29) is 22.6 Å². The van der Waals surface area contributed by atoms with Gasteiger partial charge in [0.1, 0.15) is 5.82 Å². The van der Waals surface area contributed by atoms with Crippen LogP contribution < -0.4 is 0 Å². The molecule has 0 N–H and O–H groups in total. The van der Waals surface area contributed by atoms with Gasteiger partial charge in [0.15, 0.2) is 0 Å². The van der Waals surface area contributed by atoms with Crippen LogP contribution in [0.15, 0.2) is 48.3 Å². The van der Waals surface area contributed by atoms with Gasteiger partial charge < -0.3 is 9.80 Å². The topological polar surface area (TPSA) is 41.4 Å². The van der Waals surface area contributed by atoms with Gasteiger partial charge in [0.25, 0.3) is 0 Å². The van der Waals surface area contributed by atoms with Gasteiger partial charge in [-0.3, -0.25) is 4.79 Å². The molecule has 1 saturated carbocycles. The van der Waals surface area contributed by atoms with Crippen molar-refractivity contribution >= 4 is 12.0 Å². The van der Waals surface area contributed by atoms with Gasteiger partial charge in [0.05, 0.1) is 17.6 Å². The number of amides is 1. The number of allylic oxidation sites excluding steroid dienone is 2. The fraction of sp³-hybridized carbons (Fsp3) is 0.481. The van der Waals surface area contributed by atoms with Crippen molar-refractivity contribution in [1.82, 2.24) is 19.6 Å². The molecule has 0 bridgehead atoms. The number of benzene rings is 1. The highest BCUT2D eigenvalue weighted by Gasteiger charge is 2.60. The number of fused-ring (bicyclic) bond motifs is 3. The maximum atomic E-state index is 13.4. The van der Waals surface area contributed by atoms with Crippen molar-refractivity contribution in [3.63, 3.8) is 0 Å². The van der Waals surface area contributed by atoms with Gasteiger partial charge in [-0.1, -0.05) is 19.1 Å². The van der Waals surface area contributed by atoms with Crippen LogP contribution in [0.25, 0.3) is 11.8 Å². The molecule has 0 unspecified atom stereocenters. The summed E-state index contributed by atoms with van der Waals surface area (Å²) in [7, 11) is 4.13. The van der Waals surface area contributed by atoms with Crippen LogP contribution in [-0.2, 0) is 11.2 Å². The normalized spacial score (nSPS) is 26.7. The lowest BCUT2D eigenvalue weighted by Crippen LogP contribution is -2.47. The molecular formula is C27H33FN4O. The highest BCUT2D eigenvalue weighted by atomic mass is 19.1. The first kappa shape index (κ1) is 22.1. The second-order valence-electron chi connectivity index (χ2n) is 10.4. The number of carbonyl (C=O) groups excluding carboxylic acids is 1. The maximum Gasteiger partial charge on any atom is 0.227 e. The molecule has 174 valence electrons. The Labute approximate surface area is 195 Å². The first-order valence-corrected chi connectivity index (χ1v) is 11.9. The molecule has 0 radical (unpaired) electrons. The third-order valence-corrected chi connectivity index (χ3v) is 8.25. The molecule has 2 fully saturated rings. The number of hydrogen-bond donors (Lipinski definition) is 0. The van der Waals surface area contributed by atoms with Crippen molar-refractivity contribution in [2.45, 2.75) is 45.4 Å². The lowest BCUT2D eigenvalue weighted by atomic mass is 9.50. The standard InChI is InChI=1S/C27H33FN4O/c1-19-27(17-25(33)31(19)14-6-13-30(3)4)12-5-7-21-15-24-20(16-26(21,27)2)18-29-32(24)23-10-8-22(28)9-11-23/h8-11,15,18H,1,5-7,12-14,16-17H2,2-4H3/t26-,27+/m0/s1. The number of rotatable bonds is 5. The Morgan fingerprint density at radius 3 is 2.70 bits per heavy atom. The van der Waals surface area contributed by atoms with Crippen molar-refractivity contribution in [3.8, 4) is 5.69 Å². The smallest absolute Gasteiger partial charge is 0.227 e. The Morgan fingerprint density at radius 1 is 1.21 bits per heavy atom. The number of carbonyl (C=O) groups is 1. The van der Waals surface area contributed by atoms with Crippen LogP contribution in [0.5, 0.6) is 0 Å². The predicted octanol–water partition coefficient (Wildman–Crippen LogP) is 4.83. The van der Waals surface area contributed by atoms with Crippen LogP contribution in [0.2, 0.25) is 0 Å². The summed E-state index contributed by atoms with van der Waals surface area (Å²) >= 11 is 0. The molecule has 2 atom stereocenters. The molecular weight excluding hydrogens is 415 g/mol. The third kappa shape index (κ3) is 3.38. The molecule has 1 aromatic heterocycles. The predicted molar refractivity (Wildman–Crippen MR) is 128 cm³/mol. The molecule has 5 rings (SSSR count). The molecule has 1 spiro atoms. The average Bonchev–Trinajstić information content (AvgIpc) is 3.27. The van der Waals surface area contributed by atoms with Gasteiger partial charge in [0, 0.05) is 29.5 Å². The molecule has 6 heteroatoms. The van der Waals surface area contributed by atoms with Crippen molar-refractivity contribution in [2.75, 3.05) is 27.2 Å². The van der Waals surface area contributed by atoms with Gasteiger partial charge in [-0.15, -0.1) is 0 Å². The van der Waals surface area contributed by atoms with E-state index in [4.69, 9.17) is 0 Å². The van der Waals surface area contributed by atoms with E-state index in [1.165, 1.54) is 23.3 Å². The molecule has 5 nitrogen and oxygen atoms in total. The van der Waals surface area contributed by atoms with Gasteiger partial charge in [-0.05, 0) is 88.6 Å². The lowest BCUT2D eigenvalue weighted by Gasteiger charge is -2.53. The minimum Gasteiger partial charge on any atom is -0.316 e. The minimum absolute atomic E-state index is 0.155. The van der Waals surface area contributed by atoms with Crippen molar-refractivity contribution in [3.05, 3.63) is 65.4 Å². The summed E-state index contributed by atoms with van der Waals surface area (Å²) in [4.78, 5) is 17.3. The van der Waals surface area contributed by atoms with Gasteiger partial charge in [-0.25, -0.2) is 9.07 Å². The molecule has 1 saturated heterocycles. The van der Waals surface area contributed by atoms with Crippen molar-refractivity contribution in [1.29, 1.82) is 0 Å². The van der Waals surface area contributed by atoms with E-state index in [0.29, 0.717) is 6.42 Å². The monoisotopic (exact) mass is 448 g/mol. The molecule has 2 aromatic rings. The zero-order valence-electron chi connectivity index (χ0n) is 19.9. The summed E-state index contributed by atoms with van der Waals surface area (Å²) in [5.41, 5.74) is 5.11. The number of hydrogen-bond acceptors (Lipinski definition) is 3. The Morgan fingerprint density at radius 2 is 1.97 bits per heavy atom. The fourth-order valence-electron chi connectivity index (χ4n) is 6.39. The van der Waals surface area contributed by atoms with Gasteiger partial charge in [0.2, 0.25) is 5.91 Å². The van der Waals surface area contributed by atoms with Crippen LogP contribution in [-0.4, -0.2) is 52.7 Å². The summed E-state index contributed by atoms with van der Waals surface area (Å²) in [5.74, 6) is -0.0338. The van der Waals surface area contributed by atoms with E-state index in [1.807, 2.05) is 15.8 Å². The van der Waals surface area contributed by atoms with E-state index >= 15 is 0 Å². The largest absolute Gasteiger partial charge is 0.316 e. The first-order valence-electron chi connectivity index (χ1n) is 11.9. The van der Waals surface area contributed by atoms with Crippen LogP contribution in [0.3, 0.4) is 0 Å². The molecule has 2 aliphatic carbocycles. The molecule has 1 aliphatic heterocycles. The van der Waals surface area contributed by atoms with Gasteiger partial charge >= 0.3 is 0 Å². The molecule has 1 aromatic carbocycles. The summed E-state index contributed by atoms with van der Waals surface area (Å²) in [6.45, 7) is 8.55. The molecule has 3 aliphatic rings. The lowest BCUT2D eigenvalue weighted by molar-refractivity contribution is -0.127. The van der Waals surface area contributed by atoms with Crippen LogP contribution in [0.4, 0.5) is 4.39 Å². The maximum absolute atomic E-state index is 13.4. The van der Waals surface area contributed by atoms with Crippen molar-refractivity contribution < 1.29 is 9.18 Å². The number of halogens is 1. The van der Waals surface area contributed by atoms with Crippen LogP contribution in [0, 0.1) is 16.6 Å². The Balaban J connectivity index is 1.49. The number of likely N-dealkylation sites (tertiary alicyclic amines) is 1. The first-order chi connectivity index (χ1) is 15.7. The third-order valence-electron chi connectivity index (χ3n) is 8.25. The zero-order valence-corrected chi connectivity index (χ0v) is 19.9. The Bertz CT molecular complexity index is 1130. The fourth-order valence-corrected chi connectivity index (χ4v) is 6.39. The minimum atomic E-state index is -0.250. The SMILES string of the molecule is C=C1N(CCCN(C)C)C(=O)C[C@]12CCCC1=Cc3c(cnn3-c3ccc(F)cc3)C[C@@]12C. The Kier molecular flexibility index (Phi) is 5.31. The molecule has 2 heterocycles. The summed E-state index contributed by atoms with van der Waals surface area (Å²) in [5, 5.41) is 4.65. The number of nitrogens with zero attached hydrogens (tertiary/aromatic N) is 4. The van der Waals surface area contributed by atoms with E-state index in [2.05, 4.69) is 43.7 Å². The van der Waals surface area contributed by atoms with E-state index in [1.54, 1.807) is 12.1 Å². The highest BCUT2D eigenvalue weighted by Crippen LogP contribution is 2.65. The summed E-state index contributed by atoms with van der Waals surface area (Å²) in [6, 6.07) is 6.47. The van der Waals surface area contributed by atoms with E-state index < -0.39 is 0 Å². The quantitative estimate of drug-likeness (QED) is 0.658. The van der Waals surface area contributed by atoms with E-state index in [0.717, 1.165) is 62.3 Å². The summed E-state index contributed by atoms with van der Waals surface area (Å²) in [6.07, 6.45) is 9.62. The van der Waals surface area contributed by atoms with Crippen LogP contribution >= 0.6 is 0 Å². The Hall–Kier alpha value is -2.73. The van der Waals surface area contributed by atoms with Crippen molar-refractivity contribution in [2.24, 2.45) is 10.8 Å².